The minimum absolute atomic E-state index is 0.0180. The zero-order valence-electron chi connectivity index (χ0n) is 16.7. The number of carbonyl (C=O) groups excluding carboxylic acids is 2. The maximum absolute atomic E-state index is 13.0. The molecular weight excluding hydrogens is 416 g/mol. The third-order valence-corrected chi connectivity index (χ3v) is 5.39. The second kappa shape index (κ2) is 8.62. The number of rotatable bonds is 5. The summed E-state index contributed by atoms with van der Waals surface area (Å²) in [7, 11) is 1.54. The van der Waals surface area contributed by atoms with E-state index < -0.39 is 17.7 Å². The molecule has 1 fully saturated rings. The average Bonchev–Trinajstić information content (AvgIpc) is 3.05. The number of amides is 1. The minimum atomic E-state index is -0.786. The lowest BCUT2D eigenvalue weighted by atomic mass is 9.95. The van der Waals surface area contributed by atoms with Crippen molar-refractivity contribution in [2.75, 3.05) is 7.11 Å². The fourth-order valence-electron chi connectivity index (χ4n) is 3.65. The number of aromatic nitrogens is 1. The van der Waals surface area contributed by atoms with Gasteiger partial charge in [-0.1, -0.05) is 29.8 Å². The molecule has 0 spiro atoms. The first kappa shape index (κ1) is 20.6. The number of likely N-dealkylation sites (tertiary alicyclic amines) is 1. The topological polar surface area (TPSA) is 79.7 Å². The first-order valence-corrected chi connectivity index (χ1v) is 9.94. The number of aliphatic hydroxyl groups excluding tert-OH is 1. The predicted octanol–water partition coefficient (Wildman–Crippen LogP) is 4.37. The summed E-state index contributed by atoms with van der Waals surface area (Å²) in [6, 6.07) is 16.3. The van der Waals surface area contributed by atoms with Crippen molar-refractivity contribution in [2.45, 2.75) is 12.6 Å². The van der Waals surface area contributed by atoms with Crippen LogP contribution in [0.4, 0.5) is 0 Å². The van der Waals surface area contributed by atoms with Crippen LogP contribution in [0.25, 0.3) is 5.76 Å². The van der Waals surface area contributed by atoms with Gasteiger partial charge >= 0.3 is 0 Å². The van der Waals surface area contributed by atoms with Crippen molar-refractivity contribution in [3.63, 3.8) is 0 Å². The van der Waals surface area contributed by atoms with Crippen molar-refractivity contribution in [1.29, 1.82) is 0 Å². The summed E-state index contributed by atoms with van der Waals surface area (Å²) in [5, 5.41) is 11.5. The van der Waals surface area contributed by atoms with Gasteiger partial charge in [-0.05, 0) is 53.6 Å². The van der Waals surface area contributed by atoms with Gasteiger partial charge in [-0.15, -0.1) is 0 Å². The zero-order chi connectivity index (χ0) is 22.0. The number of aliphatic hydroxyl groups is 1. The highest BCUT2D eigenvalue weighted by Gasteiger charge is 2.46. The van der Waals surface area contributed by atoms with Crippen molar-refractivity contribution in [3.05, 3.63) is 100 Å². The molecule has 6 nitrogen and oxygen atoms in total. The molecule has 4 rings (SSSR count). The normalized spacial score (nSPS) is 17.7. The van der Waals surface area contributed by atoms with Gasteiger partial charge in [-0.2, -0.15) is 0 Å². The smallest absolute Gasteiger partial charge is 0.295 e. The van der Waals surface area contributed by atoms with Gasteiger partial charge in [-0.25, -0.2) is 0 Å². The van der Waals surface area contributed by atoms with Crippen LogP contribution in [0.1, 0.15) is 22.7 Å². The van der Waals surface area contributed by atoms with Crippen molar-refractivity contribution in [3.8, 4) is 5.75 Å². The van der Waals surface area contributed by atoms with Crippen LogP contribution < -0.4 is 4.74 Å². The Morgan fingerprint density at radius 1 is 1.13 bits per heavy atom. The Morgan fingerprint density at radius 3 is 2.58 bits per heavy atom. The van der Waals surface area contributed by atoms with Gasteiger partial charge in [-0.3, -0.25) is 14.6 Å². The van der Waals surface area contributed by atoms with Crippen LogP contribution >= 0.6 is 11.6 Å². The second-order valence-electron chi connectivity index (χ2n) is 7.07. The number of carbonyl (C=O) groups is 2. The lowest BCUT2D eigenvalue weighted by Gasteiger charge is -2.25. The standard InChI is InChI=1S/C24H19ClN2O4/c1-31-19-6-2-5-17(12-19)21-20(22(28)16-7-9-18(25)10-8-16)23(29)24(30)27(21)14-15-4-3-11-26-13-15/h2-13,21,28H,14H2,1H3/b22-20+/t21-/m0/s1. The summed E-state index contributed by atoms with van der Waals surface area (Å²) in [4.78, 5) is 31.6. The molecule has 1 saturated heterocycles. The average molecular weight is 435 g/mol. The molecule has 7 heteroatoms. The minimum Gasteiger partial charge on any atom is -0.507 e. The molecule has 0 unspecified atom stereocenters. The van der Waals surface area contributed by atoms with Gasteiger partial charge in [0.25, 0.3) is 11.7 Å². The number of ketones is 1. The number of ether oxygens (including phenoxy) is 1. The van der Waals surface area contributed by atoms with Crippen LogP contribution in [-0.4, -0.2) is 33.8 Å². The summed E-state index contributed by atoms with van der Waals surface area (Å²) < 4.78 is 5.32. The van der Waals surface area contributed by atoms with Gasteiger partial charge in [0.05, 0.1) is 18.7 Å². The maximum atomic E-state index is 13.0. The van der Waals surface area contributed by atoms with Crippen LogP contribution in [0.5, 0.6) is 5.75 Å². The molecule has 1 atom stereocenters. The Labute approximate surface area is 184 Å². The van der Waals surface area contributed by atoms with Crippen LogP contribution in [0.3, 0.4) is 0 Å². The fraction of sp³-hybridized carbons (Fsp3) is 0.125. The largest absolute Gasteiger partial charge is 0.507 e. The molecule has 1 N–H and O–H groups in total. The van der Waals surface area contributed by atoms with E-state index in [2.05, 4.69) is 4.98 Å². The Hall–Kier alpha value is -3.64. The molecular formula is C24H19ClN2O4. The van der Waals surface area contributed by atoms with E-state index in [1.807, 2.05) is 6.07 Å². The van der Waals surface area contributed by atoms with E-state index in [0.717, 1.165) is 5.56 Å². The van der Waals surface area contributed by atoms with E-state index in [0.29, 0.717) is 21.9 Å². The number of methoxy groups -OCH3 is 1. The third kappa shape index (κ3) is 4.02. The fourth-order valence-corrected chi connectivity index (χ4v) is 3.78. The second-order valence-corrected chi connectivity index (χ2v) is 7.51. The van der Waals surface area contributed by atoms with Crippen molar-refractivity contribution in [2.24, 2.45) is 0 Å². The Morgan fingerprint density at radius 2 is 1.90 bits per heavy atom. The molecule has 0 radical (unpaired) electrons. The highest BCUT2D eigenvalue weighted by Crippen LogP contribution is 2.41. The van der Waals surface area contributed by atoms with E-state index in [9.17, 15) is 14.7 Å². The van der Waals surface area contributed by atoms with Crippen molar-refractivity contribution >= 4 is 29.1 Å². The van der Waals surface area contributed by atoms with Gasteiger partial charge in [0, 0.05) is 29.5 Å². The van der Waals surface area contributed by atoms with Crippen LogP contribution in [0.15, 0.2) is 78.6 Å². The molecule has 156 valence electrons. The number of benzene rings is 2. The number of nitrogens with zero attached hydrogens (tertiary/aromatic N) is 2. The number of hydrogen-bond donors (Lipinski definition) is 1. The van der Waals surface area contributed by atoms with Gasteiger partial charge in [0.2, 0.25) is 0 Å². The Balaban J connectivity index is 1.87. The lowest BCUT2D eigenvalue weighted by molar-refractivity contribution is -0.140. The Bertz CT molecular complexity index is 1160. The van der Waals surface area contributed by atoms with Crippen LogP contribution in [0, 0.1) is 0 Å². The number of pyridine rings is 1. The van der Waals surface area contributed by atoms with E-state index in [4.69, 9.17) is 16.3 Å². The van der Waals surface area contributed by atoms with Gasteiger partial charge < -0.3 is 14.7 Å². The number of halogens is 1. The molecule has 2 heterocycles. The number of hydrogen-bond acceptors (Lipinski definition) is 5. The van der Waals surface area contributed by atoms with Gasteiger partial charge in [0.15, 0.2) is 0 Å². The first-order valence-electron chi connectivity index (χ1n) is 9.57. The molecule has 2 aromatic carbocycles. The highest BCUT2D eigenvalue weighted by molar-refractivity contribution is 6.46. The Kier molecular flexibility index (Phi) is 5.73. The van der Waals surface area contributed by atoms with E-state index in [1.165, 1.54) is 4.90 Å². The summed E-state index contributed by atoms with van der Waals surface area (Å²) in [6.45, 7) is 0.164. The molecule has 31 heavy (non-hydrogen) atoms. The monoisotopic (exact) mass is 434 g/mol. The summed E-state index contributed by atoms with van der Waals surface area (Å²) >= 11 is 5.95. The number of Topliss-reactive ketones (excluding diaryl/α,β-unsaturated/α-hetero) is 1. The van der Waals surface area contributed by atoms with Crippen molar-refractivity contribution in [1.82, 2.24) is 9.88 Å². The van der Waals surface area contributed by atoms with Crippen LogP contribution in [-0.2, 0) is 16.1 Å². The molecule has 0 aliphatic carbocycles. The molecule has 0 saturated carbocycles. The third-order valence-electron chi connectivity index (χ3n) is 5.14. The first-order chi connectivity index (χ1) is 15.0. The van der Waals surface area contributed by atoms with E-state index >= 15 is 0 Å². The molecule has 3 aromatic rings. The van der Waals surface area contributed by atoms with Crippen LogP contribution in [0.2, 0.25) is 5.02 Å². The lowest BCUT2D eigenvalue weighted by Crippen LogP contribution is -2.29. The highest BCUT2D eigenvalue weighted by atomic mass is 35.5. The van der Waals surface area contributed by atoms with Gasteiger partial charge in [0.1, 0.15) is 11.5 Å². The SMILES string of the molecule is COc1cccc([C@H]2/C(=C(\O)c3ccc(Cl)cc3)C(=O)C(=O)N2Cc2cccnc2)c1. The summed E-state index contributed by atoms with van der Waals surface area (Å²) in [5.41, 5.74) is 1.84. The summed E-state index contributed by atoms with van der Waals surface area (Å²) in [6.07, 6.45) is 3.28. The molecule has 1 aliphatic heterocycles. The quantitative estimate of drug-likeness (QED) is 0.366. The predicted molar refractivity (Wildman–Crippen MR) is 117 cm³/mol. The molecule has 1 amide bonds. The molecule has 1 aromatic heterocycles. The van der Waals surface area contributed by atoms with Crippen molar-refractivity contribution < 1.29 is 19.4 Å². The molecule has 1 aliphatic rings. The summed E-state index contributed by atoms with van der Waals surface area (Å²) in [5.74, 6) is -1.11. The molecule has 0 bridgehead atoms. The zero-order valence-corrected chi connectivity index (χ0v) is 17.4. The maximum Gasteiger partial charge on any atom is 0.295 e. The van der Waals surface area contributed by atoms with E-state index in [1.54, 1.807) is 74.1 Å². The van der Waals surface area contributed by atoms with E-state index in [-0.39, 0.29) is 17.9 Å².